The average molecular weight is 286 g/mol. The van der Waals surface area contributed by atoms with Gasteiger partial charge in [-0.15, -0.1) is 0 Å². The zero-order valence-corrected chi connectivity index (χ0v) is 13.0. The van der Waals surface area contributed by atoms with E-state index in [0.29, 0.717) is 25.6 Å². The summed E-state index contributed by atoms with van der Waals surface area (Å²) in [5.74, 6) is 0.659. The van der Waals surface area contributed by atoms with Crippen molar-refractivity contribution in [2.45, 2.75) is 39.2 Å². The number of carbonyl (C=O) groups excluding carboxylic acids is 1. The summed E-state index contributed by atoms with van der Waals surface area (Å²) in [5, 5.41) is 0. The number of ketones is 1. The van der Waals surface area contributed by atoms with Gasteiger partial charge in [-0.3, -0.25) is 0 Å². The third kappa shape index (κ3) is 8.98. The van der Waals surface area contributed by atoms with E-state index in [1.165, 1.54) is 5.56 Å². The Labute approximate surface area is 128 Å². The van der Waals surface area contributed by atoms with Crippen molar-refractivity contribution in [1.82, 2.24) is 0 Å². The van der Waals surface area contributed by atoms with Crippen LogP contribution in [0.15, 0.2) is 55.1 Å². The standard InChI is InChI=1S/C19H26O2/c1-3-4-11-18(14-9-8-10-17(2)20)15-21-16-19-12-6-5-7-13-19/h3-7,11-13,18H,1,8-10,14-16H2,2H3/b11-4+. The van der Waals surface area contributed by atoms with Crippen molar-refractivity contribution in [3.8, 4) is 0 Å². The molecule has 1 aromatic rings. The van der Waals surface area contributed by atoms with E-state index in [0.717, 1.165) is 19.3 Å². The fraction of sp³-hybridized carbons (Fsp3) is 0.421. The van der Waals surface area contributed by atoms with Crippen LogP contribution in [-0.2, 0) is 16.1 Å². The van der Waals surface area contributed by atoms with Gasteiger partial charge in [0.25, 0.3) is 0 Å². The third-order valence-corrected chi connectivity index (χ3v) is 3.32. The Bertz CT molecular complexity index is 434. The van der Waals surface area contributed by atoms with E-state index in [2.05, 4.69) is 24.8 Å². The van der Waals surface area contributed by atoms with Crippen LogP contribution in [0.4, 0.5) is 0 Å². The summed E-state index contributed by atoms with van der Waals surface area (Å²) in [4.78, 5) is 10.9. The summed E-state index contributed by atoms with van der Waals surface area (Å²) in [7, 11) is 0. The van der Waals surface area contributed by atoms with Gasteiger partial charge in [0, 0.05) is 12.3 Å². The van der Waals surface area contributed by atoms with Crippen molar-refractivity contribution >= 4 is 5.78 Å². The molecule has 0 saturated carbocycles. The number of benzene rings is 1. The third-order valence-electron chi connectivity index (χ3n) is 3.32. The predicted molar refractivity (Wildman–Crippen MR) is 88.1 cm³/mol. The molecule has 1 aromatic carbocycles. The molecule has 114 valence electrons. The molecule has 0 saturated heterocycles. The molecule has 0 aliphatic rings. The van der Waals surface area contributed by atoms with Crippen LogP contribution in [0, 0.1) is 5.92 Å². The number of ether oxygens (including phenoxy) is 1. The van der Waals surface area contributed by atoms with E-state index in [4.69, 9.17) is 4.74 Å². The second-order valence-corrected chi connectivity index (χ2v) is 5.33. The second-order valence-electron chi connectivity index (χ2n) is 5.33. The molecule has 1 unspecified atom stereocenters. The largest absolute Gasteiger partial charge is 0.376 e. The fourth-order valence-corrected chi connectivity index (χ4v) is 2.15. The number of hydrogen-bond acceptors (Lipinski definition) is 2. The smallest absolute Gasteiger partial charge is 0.129 e. The Morgan fingerprint density at radius 1 is 1.29 bits per heavy atom. The highest BCUT2D eigenvalue weighted by Crippen LogP contribution is 2.14. The zero-order chi connectivity index (χ0) is 15.3. The molecule has 2 nitrogen and oxygen atoms in total. The Morgan fingerprint density at radius 3 is 2.71 bits per heavy atom. The Balaban J connectivity index is 2.30. The van der Waals surface area contributed by atoms with E-state index >= 15 is 0 Å². The van der Waals surface area contributed by atoms with Crippen LogP contribution in [-0.4, -0.2) is 12.4 Å². The number of Topliss-reactive ketones (excluding diaryl/α,β-unsaturated/α-hetero) is 1. The summed E-state index contributed by atoms with van der Waals surface area (Å²) >= 11 is 0. The molecule has 0 amide bonds. The van der Waals surface area contributed by atoms with Gasteiger partial charge in [0.15, 0.2) is 0 Å². The van der Waals surface area contributed by atoms with Gasteiger partial charge in [-0.1, -0.05) is 61.6 Å². The van der Waals surface area contributed by atoms with Crippen LogP contribution in [0.5, 0.6) is 0 Å². The lowest BCUT2D eigenvalue weighted by Crippen LogP contribution is -2.07. The topological polar surface area (TPSA) is 26.3 Å². The molecule has 0 radical (unpaired) electrons. The molecule has 0 aliphatic heterocycles. The zero-order valence-electron chi connectivity index (χ0n) is 13.0. The van der Waals surface area contributed by atoms with Crippen molar-refractivity contribution in [1.29, 1.82) is 0 Å². The highest BCUT2D eigenvalue weighted by Gasteiger charge is 2.06. The molecule has 0 aliphatic carbocycles. The highest BCUT2D eigenvalue weighted by atomic mass is 16.5. The van der Waals surface area contributed by atoms with Gasteiger partial charge in [-0.25, -0.2) is 0 Å². The maximum absolute atomic E-state index is 10.9. The Morgan fingerprint density at radius 2 is 2.05 bits per heavy atom. The monoisotopic (exact) mass is 286 g/mol. The highest BCUT2D eigenvalue weighted by molar-refractivity contribution is 5.75. The summed E-state index contributed by atoms with van der Waals surface area (Å²) < 4.78 is 5.80. The number of allylic oxidation sites excluding steroid dienone is 2. The molecule has 0 spiro atoms. The minimum absolute atomic E-state index is 0.272. The molecular weight excluding hydrogens is 260 g/mol. The van der Waals surface area contributed by atoms with Gasteiger partial charge in [0.05, 0.1) is 13.2 Å². The quantitative estimate of drug-likeness (QED) is 0.435. The van der Waals surface area contributed by atoms with Gasteiger partial charge < -0.3 is 9.53 Å². The average Bonchev–Trinajstić information content (AvgIpc) is 2.49. The van der Waals surface area contributed by atoms with Gasteiger partial charge in [-0.2, -0.15) is 0 Å². The molecule has 1 rings (SSSR count). The Hall–Kier alpha value is -1.67. The molecule has 0 bridgehead atoms. The number of rotatable bonds is 11. The van der Waals surface area contributed by atoms with Crippen molar-refractivity contribution < 1.29 is 9.53 Å². The molecule has 21 heavy (non-hydrogen) atoms. The van der Waals surface area contributed by atoms with Gasteiger partial charge in [0.1, 0.15) is 5.78 Å². The predicted octanol–water partition coefficient (Wildman–Crippen LogP) is 4.71. The van der Waals surface area contributed by atoms with Crippen molar-refractivity contribution in [2.75, 3.05) is 6.61 Å². The minimum Gasteiger partial charge on any atom is -0.376 e. The first-order chi connectivity index (χ1) is 10.2. The fourth-order valence-electron chi connectivity index (χ4n) is 2.15. The first-order valence-electron chi connectivity index (χ1n) is 7.62. The molecule has 0 aromatic heterocycles. The van der Waals surface area contributed by atoms with Crippen molar-refractivity contribution in [3.63, 3.8) is 0 Å². The normalized spacial score (nSPS) is 12.4. The summed E-state index contributed by atoms with van der Waals surface area (Å²) in [6.45, 7) is 6.71. The number of unbranched alkanes of at least 4 members (excludes halogenated alkanes) is 1. The Kier molecular flexibility index (Phi) is 9.14. The van der Waals surface area contributed by atoms with Crippen molar-refractivity contribution in [2.24, 2.45) is 5.92 Å². The van der Waals surface area contributed by atoms with Crippen LogP contribution >= 0.6 is 0 Å². The summed E-state index contributed by atoms with van der Waals surface area (Å²) in [6, 6.07) is 10.2. The first kappa shape index (κ1) is 17.4. The van der Waals surface area contributed by atoms with Crippen LogP contribution < -0.4 is 0 Å². The SMILES string of the molecule is C=C/C=C/C(CCCCC(C)=O)COCc1ccccc1. The van der Waals surface area contributed by atoms with Crippen molar-refractivity contribution in [3.05, 3.63) is 60.7 Å². The molecule has 0 N–H and O–H groups in total. The molecule has 1 atom stereocenters. The van der Waals surface area contributed by atoms with E-state index in [1.54, 1.807) is 13.0 Å². The van der Waals surface area contributed by atoms with E-state index in [-0.39, 0.29) is 5.78 Å². The lowest BCUT2D eigenvalue weighted by atomic mass is 10.0. The minimum atomic E-state index is 0.272. The lowest BCUT2D eigenvalue weighted by Gasteiger charge is -2.13. The van der Waals surface area contributed by atoms with Gasteiger partial charge in [0.2, 0.25) is 0 Å². The molecule has 0 fully saturated rings. The van der Waals surface area contributed by atoms with Crippen LogP contribution in [0.2, 0.25) is 0 Å². The van der Waals surface area contributed by atoms with E-state index in [9.17, 15) is 4.79 Å². The lowest BCUT2D eigenvalue weighted by molar-refractivity contribution is -0.117. The first-order valence-corrected chi connectivity index (χ1v) is 7.62. The summed E-state index contributed by atoms with van der Waals surface area (Å²) in [6.07, 6.45) is 9.66. The van der Waals surface area contributed by atoms with Crippen LogP contribution in [0.1, 0.15) is 38.2 Å². The molecule has 0 heterocycles. The van der Waals surface area contributed by atoms with E-state index < -0.39 is 0 Å². The number of hydrogen-bond donors (Lipinski definition) is 0. The van der Waals surface area contributed by atoms with Gasteiger partial charge >= 0.3 is 0 Å². The second kappa shape index (κ2) is 11.0. The maximum atomic E-state index is 10.9. The molecular formula is C19H26O2. The number of carbonyl (C=O) groups is 1. The summed E-state index contributed by atoms with van der Waals surface area (Å²) in [5.41, 5.74) is 1.19. The van der Waals surface area contributed by atoms with Crippen LogP contribution in [0.3, 0.4) is 0 Å². The van der Waals surface area contributed by atoms with Gasteiger partial charge in [-0.05, 0) is 25.3 Å². The van der Waals surface area contributed by atoms with Crippen LogP contribution in [0.25, 0.3) is 0 Å². The van der Waals surface area contributed by atoms with E-state index in [1.807, 2.05) is 24.3 Å². The maximum Gasteiger partial charge on any atom is 0.129 e. The molecule has 2 heteroatoms.